The van der Waals surface area contributed by atoms with Crippen molar-refractivity contribution >= 4 is 27.6 Å². The number of rotatable bonds is 6. The fraction of sp³-hybridized carbons (Fsp3) is 0.600. The smallest absolute Gasteiger partial charge is 0.372 e. The number of hydrogen-bond donors (Lipinski definition) is 1. The number of nitrogens with one attached hydrogen (secondary N) is 1. The third-order valence-electron chi connectivity index (χ3n) is 7.98. The van der Waals surface area contributed by atoms with Gasteiger partial charge in [0.15, 0.2) is 5.82 Å². The number of hydrogen-bond acceptors (Lipinski definition) is 6. The quantitative estimate of drug-likeness (QED) is 0.586. The molecule has 2 aliphatic heterocycles. The number of fused-ring (bicyclic) bond motifs is 1. The molecule has 5 rings (SSSR count). The number of benzene rings is 1. The first kappa shape index (κ1) is 26.8. The van der Waals surface area contributed by atoms with E-state index in [2.05, 4.69) is 9.82 Å². The summed E-state index contributed by atoms with van der Waals surface area (Å²) in [6, 6.07) is 5.97. The largest absolute Gasteiger partial charge is 0.416 e. The van der Waals surface area contributed by atoms with Crippen molar-refractivity contribution < 1.29 is 26.4 Å². The van der Waals surface area contributed by atoms with Crippen LogP contribution >= 0.6 is 0 Å². The lowest BCUT2D eigenvalue weighted by Crippen LogP contribution is -2.36. The zero-order valence-corrected chi connectivity index (χ0v) is 22.3. The SMILES string of the molecule is CN(Cc1ccc(N2CCCC2)cc1C(F)(F)F)C1CC2CN(C(=O)n3ccc(NS(C)(=O)=O)n3)C[C@@H]2C1. The van der Waals surface area contributed by atoms with Crippen molar-refractivity contribution in [3.8, 4) is 0 Å². The van der Waals surface area contributed by atoms with Crippen molar-refractivity contribution in [1.29, 1.82) is 0 Å². The molecule has 0 radical (unpaired) electrons. The first-order chi connectivity index (χ1) is 17.9. The summed E-state index contributed by atoms with van der Waals surface area (Å²) in [5.41, 5.74) is 0.361. The minimum absolute atomic E-state index is 0.0774. The summed E-state index contributed by atoms with van der Waals surface area (Å²) >= 11 is 0. The third-order valence-corrected chi connectivity index (χ3v) is 8.56. The number of halogens is 3. The molecule has 3 heterocycles. The number of amides is 1. The minimum atomic E-state index is -4.41. The Balaban J connectivity index is 1.20. The van der Waals surface area contributed by atoms with Crippen molar-refractivity contribution in [2.24, 2.45) is 11.8 Å². The number of carbonyl (C=O) groups excluding carboxylic acids is 1. The Morgan fingerprint density at radius 3 is 2.39 bits per heavy atom. The molecule has 0 spiro atoms. The predicted molar refractivity (Wildman–Crippen MR) is 137 cm³/mol. The molecule has 1 aromatic carbocycles. The number of aromatic nitrogens is 2. The van der Waals surface area contributed by atoms with E-state index >= 15 is 0 Å². The minimum Gasteiger partial charge on any atom is -0.372 e. The highest BCUT2D eigenvalue weighted by Gasteiger charge is 2.44. The van der Waals surface area contributed by atoms with E-state index in [0.717, 1.165) is 49.7 Å². The van der Waals surface area contributed by atoms with Gasteiger partial charge in [0.1, 0.15) is 0 Å². The monoisotopic (exact) mass is 554 g/mol. The van der Waals surface area contributed by atoms with Gasteiger partial charge in [0.25, 0.3) is 0 Å². The first-order valence-corrected chi connectivity index (χ1v) is 14.7. The van der Waals surface area contributed by atoms with E-state index in [1.807, 2.05) is 22.9 Å². The maximum Gasteiger partial charge on any atom is 0.416 e. The standard InChI is InChI=1S/C25H33F3N6O3S/c1-31(14-17-5-6-20(32-8-3-4-9-32)13-22(17)25(26,27)28)21-11-18-15-33(16-19(18)12-21)24(35)34-10-7-23(29-34)30-38(2,36)37/h5-7,10,13,18-19,21H,3-4,8-9,11-12,14-16H2,1-2H3,(H,29,30)/t18-,19?,21?/m0/s1. The maximum atomic E-state index is 14.0. The number of anilines is 2. The van der Waals surface area contributed by atoms with Crippen LogP contribution in [0.5, 0.6) is 0 Å². The summed E-state index contributed by atoms with van der Waals surface area (Å²) in [6.07, 6.45) is 1.63. The molecule has 2 saturated heterocycles. The van der Waals surface area contributed by atoms with Gasteiger partial charge in [-0.05, 0) is 62.3 Å². The summed E-state index contributed by atoms with van der Waals surface area (Å²) in [7, 11) is -1.62. The molecule has 9 nitrogen and oxygen atoms in total. The average molecular weight is 555 g/mol. The van der Waals surface area contributed by atoms with Crippen LogP contribution in [0.25, 0.3) is 0 Å². The Hall–Kier alpha value is -2.80. The van der Waals surface area contributed by atoms with Gasteiger partial charge in [0.2, 0.25) is 10.0 Å². The van der Waals surface area contributed by atoms with Crippen molar-refractivity contribution in [3.63, 3.8) is 0 Å². The highest BCUT2D eigenvalue weighted by Crippen LogP contribution is 2.41. The van der Waals surface area contributed by atoms with Crippen LogP contribution in [0.4, 0.5) is 29.5 Å². The number of likely N-dealkylation sites (tertiary alicyclic amines) is 1. The van der Waals surface area contributed by atoms with Crippen molar-refractivity contribution in [2.45, 2.75) is 44.4 Å². The summed E-state index contributed by atoms with van der Waals surface area (Å²) in [6.45, 7) is 2.88. The lowest BCUT2D eigenvalue weighted by Gasteiger charge is -2.28. The van der Waals surface area contributed by atoms with Gasteiger partial charge in [-0.25, -0.2) is 13.2 Å². The Kier molecular flexibility index (Phi) is 7.10. The van der Waals surface area contributed by atoms with E-state index in [1.54, 1.807) is 11.0 Å². The van der Waals surface area contributed by atoms with Crippen LogP contribution in [0.3, 0.4) is 0 Å². The van der Waals surface area contributed by atoms with E-state index in [1.165, 1.54) is 18.3 Å². The predicted octanol–water partition coefficient (Wildman–Crippen LogP) is 3.68. The number of nitrogens with zero attached hydrogens (tertiary/aromatic N) is 5. The van der Waals surface area contributed by atoms with Crippen LogP contribution in [-0.4, -0.2) is 79.6 Å². The molecule has 13 heteroatoms. The van der Waals surface area contributed by atoms with Gasteiger partial charge >= 0.3 is 12.2 Å². The summed E-state index contributed by atoms with van der Waals surface area (Å²) < 4.78 is 68.0. The molecule has 1 aliphatic carbocycles. The molecular formula is C25H33F3N6O3S. The molecular weight excluding hydrogens is 521 g/mol. The molecule has 3 atom stereocenters. The lowest BCUT2D eigenvalue weighted by molar-refractivity contribution is -0.138. The van der Waals surface area contributed by atoms with Gasteiger partial charge in [-0.15, -0.1) is 5.10 Å². The summed E-state index contributed by atoms with van der Waals surface area (Å²) in [5, 5.41) is 4.02. The zero-order valence-electron chi connectivity index (χ0n) is 21.5. The molecule has 208 valence electrons. The Labute approximate surface area is 220 Å². The lowest BCUT2D eigenvalue weighted by atomic mass is 10.0. The Morgan fingerprint density at radius 2 is 1.79 bits per heavy atom. The van der Waals surface area contributed by atoms with Gasteiger partial charge in [0, 0.05) is 56.7 Å². The van der Waals surface area contributed by atoms with E-state index in [4.69, 9.17) is 0 Å². The molecule has 3 fully saturated rings. The van der Waals surface area contributed by atoms with Crippen molar-refractivity contribution in [3.05, 3.63) is 41.6 Å². The van der Waals surface area contributed by atoms with Crippen LogP contribution in [0.15, 0.2) is 30.5 Å². The van der Waals surface area contributed by atoms with Gasteiger partial charge < -0.3 is 9.80 Å². The van der Waals surface area contributed by atoms with Crippen molar-refractivity contribution in [1.82, 2.24) is 19.6 Å². The highest BCUT2D eigenvalue weighted by molar-refractivity contribution is 7.92. The second kappa shape index (κ2) is 10.1. The molecule has 0 bridgehead atoms. The van der Waals surface area contributed by atoms with Gasteiger partial charge in [-0.1, -0.05) is 6.07 Å². The fourth-order valence-corrected chi connectivity index (χ4v) is 6.63. The molecule has 1 saturated carbocycles. The zero-order chi connectivity index (χ0) is 27.2. The molecule has 2 unspecified atom stereocenters. The summed E-state index contributed by atoms with van der Waals surface area (Å²) in [4.78, 5) is 18.6. The molecule has 1 aromatic heterocycles. The number of alkyl halides is 3. The maximum absolute atomic E-state index is 14.0. The summed E-state index contributed by atoms with van der Waals surface area (Å²) in [5.74, 6) is 0.596. The molecule has 2 aromatic rings. The Bertz CT molecular complexity index is 1280. The third kappa shape index (κ3) is 5.78. The fourth-order valence-electron chi connectivity index (χ4n) is 6.14. The van der Waals surface area contributed by atoms with E-state index < -0.39 is 21.8 Å². The average Bonchev–Trinajstić information content (AvgIpc) is 3.60. The normalized spacial score (nSPS) is 23.9. The molecule has 3 aliphatic rings. The number of carbonyl (C=O) groups is 1. The highest BCUT2D eigenvalue weighted by atomic mass is 32.2. The van der Waals surface area contributed by atoms with Gasteiger partial charge in [-0.3, -0.25) is 9.62 Å². The molecule has 1 N–H and O–H groups in total. The van der Waals surface area contributed by atoms with Crippen LogP contribution in [0, 0.1) is 11.8 Å². The van der Waals surface area contributed by atoms with Crippen LogP contribution < -0.4 is 9.62 Å². The molecule has 1 amide bonds. The van der Waals surface area contributed by atoms with Crippen LogP contribution in [0.2, 0.25) is 0 Å². The van der Waals surface area contributed by atoms with E-state index in [0.29, 0.717) is 18.8 Å². The topological polar surface area (TPSA) is 90.8 Å². The molecule has 38 heavy (non-hydrogen) atoms. The second-order valence-corrected chi connectivity index (χ2v) is 12.5. The second-order valence-electron chi connectivity index (χ2n) is 10.8. The van der Waals surface area contributed by atoms with E-state index in [-0.39, 0.29) is 41.8 Å². The van der Waals surface area contributed by atoms with Crippen LogP contribution in [0.1, 0.15) is 36.8 Å². The number of sulfonamides is 1. The van der Waals surface area contributed by atoms with Crippen molar-refractivity contribution in [2.75, 3.05) is 49.1 Å². The van der Waals surface area contributed by atoms with Gasteiger partial charge in [0.05, 0.1) is 11.8 Å². The Morgan fingerprint density at radius 1 is 1.13 bits per heavy atom. The van der Waals surface area contributed by atoms with E-state index in [9.17, 15) is 26.4 Å². The van der Waals surface area contributed by atoms with Gasteiger partial charge in [-0.2, -0.15) is 17.9 Å². The first-order valence-electron chi connectivity index (χ1n) is 12.9. The van der Waals surface area contributed by atoms with Crippen LogP contribution in [-0.2, 0) is 22.7 Å².